The van der Waals surface area contributed by atoms with E-state index >= 15 is 0 Å². The van der Waals surface area contributed by atoms with Gasteiger partial charge in [0.1, 0.15) is 12.4 Å². The third-order valence-corrected chi connectivity index (χ3v) is 4.69. The standard InChI is InChI=1S/C20H17F3N6O2/c1-11(2)17-14-9-12(20(21,22)23)3-4-13(14)18(31)29(27-17)10-16(30)25-15-5-7-28-8-6-24-19(28)26-15/h3-9,11H,10H2,1-2H3,(H,24,25,26,30). The van der Waals surface area contributed by atoms with Crippen molar-refractivity contribution >= 4 is 28.3 Å². The van der Waals surface area contributed by atoms with Crippen LogP contribution in [0.3, 0.4) is 0 Å². The molecular weight excluding hydrogens is 413 g/mol. The van der Waals surface area contributed by atoms with Crippen LogP contribution in [-0.2, 0) is 17.5 Å². The summed E-state index contributed by atoms with van der Waals surface area (Å²) in [7, 11) is 0. The molecule has 3 heterocycles. The Morgan fingerprint density at radius 3 is 2.65 bits per heavy atom. The van der Waals surface area contributed by atoms with Gasteiger partial charge in [0, 0.05) is 24.0 Å². The highest BCUT2D eigenvalue weighted by molar-refractivity contribution is 5.90. The Kier molecular flexibility index (Phi) is 4.96. The van der Waals surface area contributed by atoms with E-state index in [9.17, 15) is 22.8 Å². The quantitative estimate of drug-likeness (QED) is 0.537. The number of amides is 1. The molecule has 0 fully saturated rings. The summed E-state index contributed by atoms with van der Waals surface area (Å²) < 4.78 is 42.0. The first-order chi connectivity index (χ1) is 14.6. The number of hydrogen-bond donors (Lipinski definition) is 1. The van der Waals surface area contributed by atoms with Crippen molar-refractivity contribution in [3.63, 3.8) is 0 Å². The smallest absolute Gasteiger partial charge is 0.309 e. The van der Waals surface area contributed by atoms with Crippen molar-refractivity contribution in [1.29, 1.82) is 0 Å². The Morgan fingerprint density at radius 1 is 1.16 bits per heavy atom. The molecule has 1 aromatic carbocycles. The molecular formula is C20H17F3N6O2. The predicted molar refractivity (Wildman–Crippen MR) is 107 cm³/mol. The van der Waals surface area contributed by atoms with E-state index in [0.29, 0.717) is 11.5 Å². The number of nitrogens with one attached hydrogen (secondary N) is 1. The van der Waals surface area contributed by atoms with Crippen molar-refractivity contribution in [3.05, 3.63) is 64.5 Å². The topological polar surface area (TPSA) is 94.2 Å². The van der Waals surface area contributed by atoms with Gasteiger partial charge in [0.15, 0.2) is 0 Å². The maximum absolute atomic E-state index is 13.1. The molecule has 3 aromatic heterocycles. The number of rotatable bonds is 4. The molecule has 0 saturated heterocycles. The van der Waals surface area contributed by atoms with Crippen molar-refractivity contribution < 1.29 is 18.0 Å². The van der Waals surface area contributed by atoms with Crippen LogP contribution in [0, 0.1) is 0 Å². The van der Waals surface area contributed by atoms with Gasteiger partial charge in [-0.1, -0.05) is 13.8 Å². The van der Waals surface area contributed by atoms with Crippen molar-refractivity contribution in [2.75, 3.05) is 5.32 Å². The molecule has 31 heavy (non-hydrogen) atoms. The molecule has 1 N–H and O–H groups in total. The van der Waals surface area contributed by atoms with Gasteiger partial charge >= 0.3 is 6.18 Å². The molecule has 0 saturated carbocycles. The Bertz CT molecular complexity index is 1360. The number of carbonyl (C=O) groups is 1. The highest BCUT2D eigenvalue weighted by atomic mass is 19.4. The van der Waals surface area contributed by atoms with Crippen LogP contribution < -0.4 is 10.9 Å². The van der Waals surface area contributed by atoms with Gasteiger partial charge in [0.05, 0.1) is 16.6 Å². The number of anilines is 1. The summed E-state index contributed by atoms with van der Waals surface area (Å²) in [6.07, 6.45) is 0.384. The van der Waals surface area contributed by atoms with E-state index in [2.05, 4.69) is 20.4 Å². The lowest BCUT2D eigenvalue weighted by molar-refractivity contribution is -0.137. The fourth-order valence-corrected chi connectivity index (χ4v) is 3.21. The number of hydrogen-bond acceptors (Lipinski definition) is 5. The van der Waals surface area contributed by atoms with Gasteiger partial charge in [-0.3, -0.25) is 14.0 Å². The van der Waals surface area contributed by atoms with E-state index in [1.54, 1.807) is 42.9 Å². The summed E-state index contributed by atoms with van der Waals surface area (Å²) in [5.74, 6) is -0.192. The Morgan fingerprint density at radius 2 is 1.94 bits per heavy atom. The van der Waals surface area contributed by atoms with Crippen molar-refractivity contribution in [2.24, 2.45) is 0 Å². The average Bonchev–Trinajstić information content (AvgIpc) is 3.16. The van der Waals surface area contributed by atoms with Gasteiger partial charge in [0.25, 0.3) is 5.56 Å². The van der Waals surface area contributed by atoms with Crippen molar-refractivity contribution in [1.82, 2.24) is 24.1 Å². The number of fused-ring (bicyclic) bond motifs is 2. The molecule has 1 amide bonds. The Hall–Kier alpha value is -3.76. The third-order valence-electron chi connectivity index (χ3n) is 4.69. The summed E-state index contributed by atoms with van der Waals surface area (Å²) in [4.78, 5) is 33.5. The minimum Gasteiger partial charge on any atom is -0.309 e. The molecule has 0 radical (unpaired) electrons. The first-order valence-electron chi connectivity index (χ1n) is 9.35. The zero-order chi connectivity index (χ0) is 22.3. The summed E-state index contributed by atoms with van der Waals surface area (Å²) >= 11 is 0. The van der Waals surface area contributed by atoms with Gasteiger partial charge in [0.2, 0.25) is 11.7 Å². The molecule has 0 aliphatic heterocycles. The van der Waals surface area contributed by atoms with Gasteiger partial charge in [-0.25, -0.2) is 9.67 Å². The zero-order valence-corrected chi connectivity index (χ0v) is 16.5. The maximum Gasteiger partial charge on any atom is 0.416 e. The van der Waals surface area contributed by atoms with E-state index in [-0.39, 0.29) is 22.5 Å². The minimum atomic E-state index is -4.54. The van der Waals surface area contributed by atoms with Crippen LogP contribution in [0.2, 0.25) is 0 Å². The average molecular weight is 430 g/mol. The second kappa shape index (κ2) is 7.49. The number of alkyl halides is 3. The fourth-order valence-electron chi connectivity index (χ4n) is 3.21. The molecule has 0 bridgehead atoms. The van der Waals surface area contributed by atoms with Gasteiger partial charge < -0.3 is 5.32 Å². The highest BCUT2D eigenvalue weighted by Gasteiger charge is 2.31. The molecule has 0 aliphatic carbocycles. The molecule has 0 atom stereocenters. The van der Waals surface area contributed by atoms with Crippen LogP contribution in [0.25, 0.3) is 16.6 Å². The normalized spacial score (nSPS) is 12.1. The Labute approximate surface area is 173 Å². The zero-order valence-electron chi connectivity index (χ0n) is 16.5. The van der Waals surface area contributed by atoms with Crippen LogP contribution in [0.4, 0.5) is 19.0 Å². The molecule has 8 nitrogen and oxygen atoms in total. The molecule has 0 aliphatic rings. The first-order valence-corrected chi connectivity index (χ1v) is 9.35. The summed E-state index contributed by atoms with van der Waals surface area (Å²) in [6.45, 7) is 3.08. The Balaban J connectivity index is 1.68. The second-order valence-corrected chi connectivity index (χ2v) is 7.26. The van der Waals surface area contributed by atoms with Crippen LogP contribution in [0.15, 0.2) is 47.7 Å². The van der Waals surface area contributed by atoms with E-state index < -0.39 is 29.8 Å². The van der Waals surface area contributed by atoms with Gasteiger partial charge in [-0.15, -0.1) is 0 Å². The lowest BCUT2D eigenvalue weighted by Crippen LogP contribution is -2.31. The molecule has 160 valence electrons. The lowest BCUT2D eigenvalue weighted by atomic mass is 10.0. The van der Waals surface area contributed by atoms with Crippen LogP contribution in [0.5, 0.6) is 0 Å². The maximum atomic E-state index is 13.1. The van der Waals surface area contributed by atoms with E-state index in [1.165, 1.54) is 0 Å². The van der Waals surface area contributed by atoms with Crippen molar-refractivity contribution in [3.8, 4) is 0 Å². The first kappa shape index (κ1) is 20.5. The number of halogens is 3. The third kappa shape index (κ3) is 3.98. The van der Waals surface area contributed by atoms with Gasteiger partial charge in [-0.2, -0.15) is 23.3 Å². The van der Waals surface area contributed by atoms with Crippen LogP contribution >= 0.6 is 0 Å². The number of nitrogens with zero attached hydrogens (tertiary/aromatic N) is 5. The largest absolute Gasteiger partial charge is 0.416 e. The molecule has 4 aromatic rings. The summed E-state index contributed by atoms with van der Waals surface area (Å²) in [5, 5.41) is 6.95. The monoisotopic (exact) mass is 430 g/mol. The second-order valence-electron chi connectivity index (χ2n) is 7.26. The minimum absolute atomic E-state index is 0.0661. The van der Waals surface area contributed by atoms with E-state index in [0.717, 1.165) is 22.9 Å². The van der Waals surface area contributed by atoms with Crippen molar-refractivity contribution in [2.45, 2.75) is 32.5 Å². The van der Waals surface area contributed by atoms with Gasteiger partial charge in [-0.05, 0) is 30.2 Å². The van der Waals surface area contributed by atoms with Crippen LogP contribution in [0.1, 0.15) is 31.0 Å². The summed E-state index contributed by atoms with van der Waals surface area (Å²) in [5.41, 5.74) is -1.22. The molecule has 11 heteroatoms. The molecule has 0 unspecified atom stereocenters. The predicted octanol–water partition coefficient (Wildman–Crippen LogP) is 3.22. The fraction of sp³-hybridized carbons (Fsp3) is 0.250. The van der Waals surface area contributed by atoms with E-state index in [4.69, 9.17) is 0 Å². The number of imidazole rings is 1. The SMILES string of the molecule is CC(C)c1nn(CC(=O)Nc2ccn3ccnc3n2)c(=O)c2ccc(C(F)(F)F)cc12. The van der Waals surface area contributed by atoms with Crippen LogP contribution in [-0.4, -0.2) is 30.1 Å². The number of carbonyl (C=O) groups excluding carboxylic acids is 1. The molecule has 4 rings (SSSR count). The lowest BCUT2D eigenvalue weighted by Gasteiger charge is -2.15. The highest BCUT2D eigenvalue weighted by Crippen LogP contribution is 2.32. The number of benzene rings is 1. The molecule has 0 spiro atoms. The van der Waals surface area contributed by atoms with E-state index in [1.807, 2.05) is 0 Å². The number of aromatic nitrogens is 5. The summed E-state index contributed by atoms with van der Waals surface area (Å²) in [6, 6.07) is 4.46.